The number of hydrogen-bond donors (Lipinski definition) is 1. The summed E-state index contributed by atoms with van der Waals surface area (Å²) in [7, 11) is 0. The van der Waals surface area contributed by atoms with Crippen molar-refractivity contribution in [1.29, 1.82) is 0 Å². The Morgan fingerprint density at radius 2 is 0.711 bits per heavy atom. The molecule has 0 amide bonds. The van der Waals surface area contributed by atoms with Gasteiger partial charge in [0.1, 0.15) is 0 Å². The molecule has 0 radical (unpaired) electrons. The molecule has 0 aliphatic heterocycles. The Balaban J connectivity index is 2.07. The Kier molecular flexibility index (Phi) is 30.2. The standard InChI is InChI=1S/C43H78O2/c1-3-5-7-9-11-13-15-17-19-21-23-25-27-29-31-33-36-40-37-35-39-42(43(44)45)41(40)38-34-32-30-28-26-24-22-20-18-16-14-12-10-8-6-4-2/h35,37,39H,3-34,36,38H2,1-2H3,(H,44,45). The fourth-order valence-electron chi connectivity index (χ4n) is 7.08. The summed E-state index contributed by atoms with van der Waals surface area (Å²) in [6, 6.07) is 5.98. The van der Waals surface area contributed by atoms with Crippen molar-refractivity contribution in [3.8, 4) is 0 Å². The van der Waals surface area contributed by atoms with Crippen molar-refractivity contribution in [3.63, 3.8) is 0 Å². The molecule has 2 nitrogen and oxygen atoms in total. The molecule has 0 unspecified atom stereocenters. The number of unbranched alkanes of at least 4 members (excludes halogenated alkanes) is 30. The lowest BCUT2D eigenvalue weighted by Crippen LogP contribution is -2.06. The smallest absolute Gasteiger partial charge is 0.335 e. The number of carbonyl (C=O) groups is 1. The second-order valence-electron chi connectivity index (χ2n) is 14.4. The highest BCUT2D eigenvalue weighted by atomic mass is 16.4. The zero-order chi connectivity index (χ0) is 32.5. The quantitative estimate of drug-likeness (QED) is 0.0761. The Morgan fingerprint density at radius 3 is 1.02 bits per heavy atom. The van der Waals surface area contributed by atoms with Crippen LogP contribution in [0.15, 0.2) is 18.2 Å². The second kappa shape index (κ2) is 32.6. The number of rotatable bonds is 35. The molecule has 262 valence electrons. The van der Waals surface area contributed by atoms with Crippen LogP contribution in [0.4, 0.5) is 0 Å². The van der Waals surface area contributed by atoms with Gasteiger partial charge in [-0.3, -0.25) is 0 Å². The lowest BCUT2D eigenvalue weighted by Gasteiger charge is -2.13. The van der Waals surface area contributed by atoms with Crippen LogP contribution in [-0.2, 0) is 12.8 Å². The van der Waals surface area contributed by atoms with Crippen LogP contribution in [0, 0.1) is 0 Å². The summed E-state index contributed by atoms with van der Waals surface area (Å²) < 4.78 is 0. The van der Waals surface area contributed by atoms with Crippen LogP contribution in [0.25, 0.3) is 0 Å². The SMILES string of the molecule is CCCCCCCCCCCCCCCCCCc1cccc(C(=O)O)c1CCCCCCCCCCCCCCCCCC. The van der Waals surface area contributed by atoms with Crippen molar-refractivity contribution in [1.82, 2.24) is 0 Å². The molecule has 0 bridgehead atoms. The fraction of sp³-hybridized carbons (Fsp3) is 0.837. The summed E-state index contributed by atoms with van der Waals surface area (Å²) in [6.07, 6.45) is 46.1. The molecule has 0 aromatic heterocycles. The van der Waals surface area contributed by atoms with Crippen LogP contribution in [0.2, 0.25) is 0 Å². The van der Waals surface area contributed by atoms with Gasteiger partial charge < -0.3 is 5.11 Å². The van der Waals surface area contributed by atoms with Gasteiger partial charge >= 0.3 is 5.97 Å². The highest BCUT2D eigenvalue weighted by Crippen LogP contribution is 2.22. The summed E-state index contributed by atoms with van der Waals surface area (Å²) in [5, 5.41) is 9.84. The van der Waals surface area contributed by atoms with E-state index >= 15 is 0 Å². The summed E-state index contributed by atoms with van der Waals surface area (Å²) >= 11 is 0. The molecule has 1 rings (SSSR count). The zero-order valence-electron chi connectivity index (χ0n) is 30.6. The molecule has 0 aliphatic carbocycles. The maximum absolute atomic E-state index is 12.0. The van der Waals surface area contributed by atoms with E-state index in [9.17, 15) is 9.90 Å². The van der Waals surface area contributed by atoms with E-state index in [1.54, 1.807) is 0 Å². The minimum atomic E-state index is -0.754. The topological polar surface area (TPSA) is 37.3 Å². The molecule has 2 heteroatoms. The van der Waals surface area contributed by atoms with Gasteiger partial charge in [-0.25, -0.2) is 4.79 Å². The number of benzene rings is 1. The minimum Gasteiger partial charge on any atom is -0.478 e. The molecule has 0 saturated heterocycles. The van der Waals surface area contributed by atoms with Crippen molar-refractivity contribution in [3.05, 3.63) is 34.9 Å². The van der Waals surface area contributed by atoms with Crippen molar-refractivity contribution in [2.75, 3.05) is 0 Å². The van der Waals surface area contributed by atoms with Gasteiger partial charge in [-0.15, -0.1) is 0 Å². The van der Waals surface area contributed by atoms with Gasteiger partial charge in [0, 0.05) is 0 Å². The third kappa shape index (κ3) is 25.5. The van der Waals surface area contributed by atoms with E-state index in [0.717, 1.165) is 24.8 Å². The van der Waals surface area contributed by atoms with Crippen molar-refractivity contribution < 1.29 is 9.90 Å². The minimum absolute atomic E-state index is 0.546. The molecular weight excluding hydrogens is 548 g/mol. The molecule has 1 aromatic rings. The maximum atomic E-state index is 12.0. The van der Waals surface area contributed by atoms with Crippen LogP contribution in [0.5, 0.6) is 0 Å². The van der Waals surface area contributed by atoms with Crippen molar-refractivity contribution >= 4 is 5.97 Å². The molecule has 0 spiro atoms. The normalized spacial score (nSPS) is 11.4. The molecule has 0 fully saturated rings. The summed E-state index contributed by atoms with van der Waals surface area (Å²) in [5.74, 6) is -0.754. The molecule has 0 heterocycles. The Bertz CT molecular complexity index is 769. The summed E-state index contributed by atoms with van der Waals surface area (Å²) in [5.41, 5.74) is 2.96. The van der Waals surface area contributed by atoms with Gasteiger partial charge in [0.05, 0.1) is 5.56 Å². The Morgan fingerprint density at radius 1 is 0.422 bits per heavy atom. The fourth-order valence-corrected chi connectivity index (χ4v) is 7.08. The van der Waals surface area contributed by atoms with E-state index < -0.39 is 5.97 Å². The van der Waals surface area contributed by atoms with Crippen LogP contribution in [0.1, 0.15) is 241 Å². The average Bonchev–Trinajstić information content (AvgIpc) is 3.04. The predicted molar refractivity (Wildman–Crippen MR) is 200 cm³/mol. The first-order valence-electron chi connectivity index (χ1n) is 20.5. The number of carboxylic acid groups (broad SMARTS) is 1. The third-order valence-electron chi connectivity index (χ3n) is 10.1. The molecule has 1 N–H and O–H groups in total. The van der Waals surface area contributed by atoms with Crippen molar-refractivity contribution in [2.24, 2.45) is 0 Å². The largest absolute Gasteiger partial charge is 0.478 e. The van der Waals surface area contributed by atoms with E-state index in [4.69, 9.17) is 0 Å². The molecule has 0 atom stereocenters. The first kappa shape index (κ1) is 41.7. The summed E-state index contributed by atoms with van der Waals surface area (Å²) in [6.45, 7) is 4.58. The van der Waals surface area contributed by atoms with E-state index in [1.807, 2.05) is 12.1 Å². The molecule has 0 saturated carbocycles. The van der Waals surface area contributed by atoms with Crippen molar-refractivity contribution in [2.45, 2.75) is 232 Å². The van der Waals surface area contributed by atoms with E-state index in [0.29, 0.717) is 5.56 Å². The van der Waals surface area contributed by atoms with Gasteiger partial charge in [0.15, 0.2) is 0 Å². The molecule has 0 aliphatic rings. The van der Waals surface area contributed by atoms with Gasteiger partial charge in [-0.1, -0.05) is 219 Å². The van der Waals surface area contributed by atoms with E-state index in [1.165, 1.54) is 205 Å². The van der Waals surface area contributed by atoms with Crippen LogP contribution < -0.4 is 0 Å². The highest BCUT2D eigenvalue weighted by molar-refractivity contribution is 5.89. The van der Waals surface area contributed by atoms with Crippen LogP contribution in [-0.4, -0.2) is 11.1 Å². The van der Waals surface area contributed by atoms with Gasteiger partial charge in [0.25, 0.3) is 0 Å². The van der Waals surface area contributed by atoms with Gasteiger partial charge in [-0.2, -0.15) is 0 Å². The first-order chi connectivity index (χ1) is 22.2. The third-order valence-corrected chi connectivity index (χ3v) is 10.1. The van der Waals surface area contributed by atoms with Gasteiger partial charge in [-0.05, 0) is 42.9 Å². The number of carboxylic acids is 1. The van der Waals surface area contributed by atoms with Gasteiger partial charge in [0.2, 0.25) is 0 Å². The number of aromatic carboxylic acids is 1. The average molecular weight is 627 g/mol. The number of aryl methyl sites for hydroxylation is 1. The maximum Gasteiger partial charge on any atom is 0.335 e. The Hall–Kier alpha value is -1.31. The molecular formula is C43H78O2. The van der Waals surface area contributed by atoms with Crippen LogP contribution >= 0.6 is 0 Å². The zero-order valence-corrected chi connectivity index (χ0v) is 30.6. The molecule has 45 heavy (non-hydrogen) atoms. The van der Waals surface area contributed by atoms with E-state index in [2.05, 4.69) is 19.9 Å². The molecule has 1 aromatic carbocycles. The monoisotopic (exact) mass is 627 g/mol. The number of hydrogen-bond acceptors (Lipinski definition) is 1. The lowest BCUT2D eigenvalue weighted by molar-refractivity contribution is 0.0695. The lowest BCUT2D eigenvalue weighted by atomic mass is 9.92. The Labute approximate surface area is 282 Å². The summed E-state index contributed by atoms with van der Waals surface area (Å²) in [4.78, 5) is 12.0. The highest BCUT2D eigenvalue weighted by Gasteiger charge is 2.13. The van der Waals surface area contributed by atoms with Crippen LogP contribution in [0.3, 0.4) is 0 Å². The first-order valence-corrected chi connectivity index (χ1v) is 20.5. The van der Waals surface area contributed by atoms with E-state index in [-0.39, 0.29) is 0 Å². The second-order valence-corrected chi connectivity index (χ2v) is 14.4. The predicted octanol–water partition coefficient (Wildman–Crippen LogP) is 15.0.